The normalized spacial score (nSPS) is 21.0. The van der Waals surface area contributed by atoms with Gasteiger partial charge in [0, 0.05) is 31.9 Å². The number of halogens is 17. The molecule has 0 radical (unpaired) electrons. The van der Waals surface area contributed by atoms with Crippen molar-refractivity contribution in [3.63, 3.8) is 0 Å². The Hall–Kier alpha value is -1.49. The molecular weight excluding hydrogens is 924 g/mol. The van der Waals surface area contributed by atoms with Gasteiger partial charge < -0.3 is 44.7 Å². The van der Waals surface area contributed by atoms with Crippen LogP contribution < -0.4 is 34.7 Å². The van der Waals surface area contributed by atoms with E-state index in [0.717, 1.165) is 25.7 Å². The van der Waals surface area contributed by atoms with E-state index in [-0.39, 0.29) is 81.4 Å². The number of rotatable bonds is 30. The minimum absolute atomic E-state index is 0. The smallest absolute Gasteiger partial charge is 0.550 e. The summed E-state index contributed by atoms with van der Waals surface area (Å²) in [7, 11) is 0. The molecule has 368 valence electrons. The molecule has 1 aliphatic heterocycles. The Morgan fingerprint density at radius 3 is 1.41 bits per heavy atom. The molecule has 1 heterocycles. The van der Waals surface area contributed by atoms with E-state index in [4.69, 9.17) is 9.47 Å². The molecule has 1 amide bonds. The van der Waals surface area contributed by atoms with Crippen LogP contribution in [-0.4, -0.2) is 142 Å². The topological polar surface area (TPSA) is 160 Å². The van der Waals surface area contributed by atoms with Crippen molar-refractivity contribution in [2.45, 2.75) is 181 Å². The zero-order valence-corrected chi connectivity index (χ0v) is 35.7. The summed E-state index contributed by atoms with van der Waals surface area (Å²) in [5.41, 5.74) is 0. The van der Waals surface area contributed by atoms with Crippen molar-refractivity contribution in [2.24, 2.45) is 0 Å². The number of nitrogens with zero attached hydrogens (tertiary/aromatic N) is 1. The van der Waals surface area contributed by atoms with Gasteiger partial charge in [-0.05, 0) is 32.1 Å². The molecule has 0 aromatic carbocycles. The van der Waals surface area contributed by atoms with Gasteiger partial charge in [0.25, 0.3) is 0 Å². The number of carboxylic acids is 1. The maximum atomic E-state index is 14.3. The summed E-state index contributed by atoms with van der Waals surface area (Å²) in [4.78, 5) is 24.8. The van der Waals surface area contributed by atoms with Crippen molar-refractivity contribution in [3.8, 4) is 0 Å². The van der Waals surface area contributed by atoms with Crippen LogP contribution in [0.2, 0.25) is 0 Å². The SMILES string of the molecule is O=C([O-])CCCCCCCCCCC(=O)N(CCCCCCCC(F)(F)C(F)(F)C(F)(F)C(F)(F)C(F)(F)C(F)(F)C(F)(F)C(F)(F)F)CCO[C@@H]1O[C@H](CO)[C@H](O)[C@H](O)[C@H]1O.[Na+]. The Balaban J connectivity index is 0.0000384. The van der Waals surface area contributed by atoms with Crippen molar-refractivity contribution in [1.29, 1.82) is 0 Å². The number of aliphatic hydroxyl groups excluding tert-OH is 4. The van der Waals surface area contributed by atoms with Crippen molar-refractivity contribution >= 4 is 11.9 Å². The molecule has 0 saturated carbocycles. The second kappa shape index (κ2) is 25.0. The van der Waals surface area contributed by atoms with E-state index in [1.807, 2.05) is 0 Å². The van der Waals surface area contributed by atoms with Crippen molar-refractivity contribution in [3.05, 3.63) is 0 Å². The number of hydrogen-bond acceptors (Lipinski definition) is 9. The van der Waals surface area contributed by atoms with Crippen molar-refractivity contribution in [1.82, 2.24) is 4.90 Å². The molecule has 10 nitrogen and oxygen atoms in total. The fraction of sp³-hybridized carbons (Fsp3) is 0.943. The summed E-state index contributed by atoms with van der Waals surface area (Å²) < 4.78 is 241. The van der Waals surface area contributed by atoms with Crippen molar-refractivity contribution in [2.75, 3.05) is 26.3 Å². The van der Waals surface area contributed by atoms with Crippen LogP contribution in [0.3, 0.4) is 0 Å². The number of carbonyl (C=O) groups excluding carboxylic acids is 2. The first-order valence-corrected chi connectivity index (χ1v) is 19.3. The van der Waals surface area contributed by atoms with Gasteiger partial charge in [-0.15, -0.1) is 0 Å². The van der Waals surface area contributed by atoms with Gasteiger partial charge in [0.15, 0.2) is 6.29 Å². The minimum atomic E-state index is -8.69. The molecule has 0 spiro atoms. The van der Waals surface area contributed by atoms with Gasteiger partial charge in [0.2, 0.25) is 5.91 Å². The van der Waals surface area contributed by atoms with Gasteiger partial charge in [0.05, 0.1) is 13.2 Å². The maximum absolute atomic E-state index is 14.3. The maximum Gasteiger partial charge on any atom is 1.00 e. The van der Waals surface area contributed by atoms with Crippen LogP contribution in [-0.2, 0) is 19.1 Å². The van der Waals surface area contributed by atoms with E-state index in [0.29, 0.717) is 25.7 Å². The summed E-state index contributed by atoms with van der Waals surface area (Å²) in [5.74, 6) is -58.2. The van der Waals surface area contributed by atoms with E-state index in [2.05, 4.69) is 0 Å². The predicted octanol–water partition coefficient (Wildman–Crippen LogP) is 3.64. The number of aliphatic carboxylic acids is 1. The first-order chi connectivity index (χ1) is 28.2. The van der Waals surface area contributed by atoms with Crippen LogP contribution in [0.4, 0.5) is 74.6 Å². The Kier molecular flexibility index (Phi) is 24.4. The Bertz CT molecular complexity index is 1380. The fourth-order valence-corrected chi connectivity index (χ4v) is 6.14. The quantitative estimate of drug-likeness (QED) is 0.0480. The van der Waals surface area contributed by atoms with Crippen LogP contribution in [0.15, 0.2) is 0 Å². The summed E-state index contributed by atoms with van der Waals surface area (Å²) in [6, 6.07) is 0. The Labute approximate surface area is 372 Å². The third-order valence-electron chi connectivity index (χ3n) is 10.1. The minimum Gasteiger partial charge on any atom is -0.550 e. The zero-order valence-electron chi connectivity index (χ0n) is 33.7. The van der Waals surface area contributed by atoms with Crippen LogP contribution in [0.1, 0.15) is 103 Å². The third kappa shape index (κ3) is 15.0. The van der Waals surface area contributed by atoms with Gasteiger partial charge >= 0.3 is 77.2 Å². The molecule has 28 heteroatoms. The molecule has 0 bridgehead atoms. The average molecular weight is 974 g/mol. The average Bonchev–Trinajstić information content (AvgIpc) is 3.16. The molecule has 0 unspecified atom stereocenters. The molecule has 1 aliphatic rings. The second-order valence-corrected chi connectivity index (χ2v) is 14.8. The predicted molar refractivity (Wildman–Crippen MR) is 176 cm³/mol. The van der Waals surface area contributed by atoms with Gasteiger partial charge in [-0.3, -0.25) is 4.79 Å². The molecule has 1 fully saturated rings. The van der Waals surface area contributed by atoms with Crippen LogP contribution in [0.25, 0.3) is 0 Å². The zero-order chi connectivity index (χ0) is 48.2. The number of carbonyl (C=O) groups is 2. The van der Waals surface area contributed by atoms with E-state index in [9.17, 15) is 110 Å². The number of amides is 1. The first-order valence-electron chi connectivity index (χ1n) is 19.3. The van der Waals surface area contributed by atoms with Gasteiger partial charge in [0.1, 0.15) is 24.4 Å². The molecule has 4 N–H and O–H groups in total. The molecule has 63 heavy (non-hydrogen) atoms. The monoisotopic (exact) mass is 973 g/mol. The fourth-order valence-electron chi connectivity index (χ4n) is 6.14. The Morgan fingerprint density at radius 1 is 0.540 bits per heavy atom. The third-order valence-corrected chi connectivity index (χ3v) is 10.1. The van der Waals surface area contributed by atoms with E-state index in [1.165, 1.54) is 4.90 Å². The van der Waals surface area contributed by atoms with Gasteiger partial charge in [-0.2, -0.15) is 74.6 Å². The van der Waals surface area contributed by atoms with Crippen LogP contribution >= 0.6 is 0 Å². The largest absolute Gasteiger partial charge is 1.00 e. The molecule has 0 aromatic heterocycles. The second-order valence-electron chi connectivity index (χ2n) is 14.8. The van der Waals surface area contributed by atoms with Crippen LogP contribution in [0, 0.1) is 0 Å². The number of carboxylic acid groups (broad SMARTS) is 1. The summed E-state index contributed by atoms with van der Waals surface area (Å²) in [6.07, 6.45) is -15.4. The number of alkyl halides is 17. The van der Waals surface area contributed by atoms with Gasteiger partial charge in [-0.25, -0.2) is 0 Å². The van der Waals surface area contributed by atoms with E-state index in [1.54, 1.807) is 0 Å². The standard InChI is InChI=1S/C35H50F17NO9.Na/c36-28(37,29(38,39)30(40,41)31(42,43)32(44,45)33(46,47)34(48,49)35(50,51)52)16-12-8-5-9-13-17-53(18-19-61-27-26(60)25(59)24(58)21(20-54)62-27)22(55)14-10-6-3-1-2-4-7-11-15-23(56)57;/h21,24-27,54,58-60H,1-20H2,(H,56,57);/q;+1/p-1/t21-,24+,25+,26-,27-;/m1./s1. The van der Waals surface area contributed by atoms with Crippen molar-refractivity contribution < 1.29 is 149 Å². The molecular formula is C35H49F17NNaO9. The first kappa shape index (κ1) is 61.5. The van der Waals surface area contributed by atoms with E-state index >= 15 is 0 Å². The summed E-state index contributed by atoms with van der Waals surface area (Å²) in [6.45, 7) is -1.46. The number of unbranched alkanes of at least 4 members (excludes halogenated alkanes) is 11. The van der Waals surface area contributed by atoms with Gasteiger partial charge in [-0.1, -0.05) is 57.8 Å². The molecule has 1 saturated heterocycles. The van der Waals surface area contributed by atoms with E-state index < -0.39 is 116 Å². The number of aliphatic hydroxyl groups is 4. The van der Waals surface area contributed by atoms with Crippen LogP contribution in [0.5, 0.6) is 0 Å². The number of hydrogen-bond donors (Lipinski definition) is 4. The summed E-state index contributed by atoms with van der Waals surface area (Å²) in [5, 5.41) is 49.8. The summed E-state index contributed by atoms with van der Waals surface area (Å²) >= 11 is 0. The molecule has 0 aromatic rings. The molecule has 1 rings (SSSR count). The molecule has 0 aliphatic carbocycles. The Morgan fingerprint density at radius 2 is 0.952 bits per heavy atom. The molecule has 5 atom stereocenters. The number of ether oxygens (including phenoxy) is 2.